The lowest BCUT2D eigenvalue weighted by Gasteiger charge is -2.08. The van der Waals surface area contributed by atoms with Crippen LogP contribution in [0.25, 0.3) is 0 Å². The van der Waals surface area contributed by atoms with E-state index in [0.717, 1.165) is 5.56 Å². The van der Waals surface area contributed by atoms with Crippen LogP contribution < -0.4 is 4.72 Å². The van der Waals surface area contributed by atoms with Gasteiger partial charge in [-0.2, -0.15) is 0 Å². The lowest BCUT2D eigenvalue weighted by molar-refractivity contribution is 0.153. The van der Waals surface area contributed by atoms with Gasteiger partial charge in [-0.05, 0) is 25.5 Å². The predicted octanol–water partition coefficient (Wildman–Crippen LogP) is 1.31. The van der Waals surface area contributed by atoms with Gasteiger partial charge in [0.25, 0.3) is 0 Å². The molecular formula is C11H17NO3S. The minimum Gasteiger partial charge on any atom is -0.380 e. The molecule has 90 valence electrons. The van der Waals surface area contributed by atoms with Gasteiger partial charge in [-0.25, -0.2) is 13.1 Å². The van der Waals surface area contributed by atoms with Crippen LogP contribution in [0.2, 0.25) is 0 Å². The van der Waals surface area contributed by atoms with Crippen molar-refractivity contribution < 1.29 is 13.2 Å². The maximum atomic E-state index is 11.8. The van der Waals surface area contributed by atoms with Gasteiger partial charge in [0.2, 0.25) is 10.0 Å². The molecule has 1 aromatic carbocycles. The lowest BCUT2D eigenvalue weighted by atomic mass is 10.2. The summed E-state index contributed by atoms with van der Waals surface area (Å²) in [4.78, 5) is 0.325. The van der Waals surface area contributed by atoms with Crippen LogP contribution in [0.1, 0.15) is 12.5 Å². The van der Waals surface area contributed by atoms with E-state index in [1.165, 1.54) is 0 Å². The predicted molar refractivity (Wildman–Crippen MR) is 62.9 cm³/mol. The molecule has 1 rings (SSSR count). The van der Waals surface area contributed by atoms with Crippen LogP contribution in [0.5, 0.6) is 0 Å². The van der Waals surface area contributed by atoms with E-state index in [2.05, 4.69) is 4.72 Å². The van der Waals surface area contributed by atoms with E-state index in [4.69, 9.17) is 4.74 Å². The molecule has 0 fully saturated rings. The fraction of sp³-hybridized carbons (Fsp3) is 0.455. The summed E-state index contributed by atoms with van der Waals surface area (Å²) in [6.45, 7) is 4.92. The molecule has 0 amide bonds. The van der Waals surface area contributed by atoms with Crippen LogP contribution in [0, 0.1) is 6.92 Å². The first-order valence-corrected chi connectivity index (χ1v) is 6.69. The van der Waals surface area contributed by atoms with Gasteiger partial charge in [-0.1, -0.05) is 18.2 Å². The molecule has 1 N–H and O–H groups in total. The third-order valence-corrected chi connectivity index (χ3v) is 3.75. The van der Waals surface area contributed by atoms with Crippen molar-refractivity contribution in [1.82, 2.24) is 4.72 Å². The molecule has 0 bridgehead atoms. The van der Waals surface area contributed by atoms with Crippen molar-refractivity contribution in [2.24, 2.45) is 0 Å². The molecule has 0 unspecified atom stereocenters. The second kappa shape index (κ2) is 5.98. The van der Waals surface area contributed by atoms with Crippen molar-refractivity contribution in [3.8, 4) is 0 Å². The van der Waals surface area contributed by atoms with Crippen LogP contribution in [-0.2, 0) is 14.8 Å². The third-order valence-electron chi connectivity index (χ3n) is 2.13. The van der Waals surface area contributed by atoms with Gasteiger partial charge >= 0.3 is 0 Å². The first-order valence-electron chi connectivity index (χ1n) is 5.21. The summed E-state index contributed by atoms with van der Waals surface area (Å²) < 4.78 is 31.3. The number of aryl methyl sites for hydroxylation is 1. The maximum absolute atomic E-state index is 11.8. The Morgan fingerprint density at radius 3 is 2.62 bits per heavy atom. The van der Waals surface area contributed by atoms with Crippen LogP contribution in [0.3, 0.4) is 0 Å². The summed E-state index contributed by atoms with van der Waals surface area (Å²) in [7, 11) is -3.40. The molecule has 0 saturated heterocycles. The summed E-state index contributed by atoms with van der Waals surface area (Å²) >= 11 is 0. The van der Waals surface area contributed by atoms with E-state index >= 15 is 0 Å². The quantitative estimate of drug-likeness (QED) is 0.766. The van der Waals surface area contributed by atoms with Crippen molar-refractivity contribution >= 4 is 10.0 Å². The molecule has 0 spiro atoms. The minimum atomic E-state index is -3.40. The van der Waals surface area contributed by atoms with Gasteiger partial charge in [-0.3, -0.25) is 0 Å². The molecule has 0 aromatic heterocycles. The molecule has 0 atom stereocenters. The Morgan fingerprint density at radius 2 is 2.00 bits per heavy atom. The zero-order valence-corrected chi connectivity index (χ0v) is 10.4. The fourth-order valence-corrected chi connectivity index (χ4v) is 2.59. The Morgan fingerprint density at radius 1 is 1.31 bits per heavy atom. The minimum absolute atomic E-state index is 0.296. The first-order chi connectivity index (χ1) is 7.58. The average Bonchev–Trinajstić information content (AvgIpc) is 2.25. The van der Waals surface area contributed by atoms with Gasteiger partial charge in [0.15, 0.2) is 0 Å². The summed E-state index contributed by atoms with van der Waals surface area (Å²) in [5.74, 6) is 0. The van der Waals surface area contributed by atoms with E-state index in [1.807, 2.05) is 13.0 Å². The Hall–Kier alpha value is -0.910. The molecule has 0 radical (unpaired) electrons. The second-order valence-electron chi connectivity index (χ2n) is 3.36. The number of hydrogen-bond acceptors (Lipinski definition) is 3. The number of rotatable bonds is 6. The Kier molecular flexibility index (Phi) is 4.92. The van der Waals surface area contributed by atoms with Gasteiger partial charge in [0.05, 0.1) is 11.5 Å². The molecule has 5 heteroatoms. The lowest BCUT2D eigenvalue weighted by Crippen LogP contribution is -2.28. The van der Waals surface area contributed by atoms with Gasteiger partial charge in [0, 0.05) is 13.2 Å². The van der Waals surface area contributed by atoms with Gasteiger partial charge in [0.1, 0.15) is 0 Å². The highest BCUT2D eigenvalue weighted by Gasteiger charge is 2.14. The number of benzene rings is 1. The maximum Gasteiger partial charge on any atom is 0.240 e. The Labute approximate surface area is 96.7 Å². The number of hydrogen-bond donors (Lipinski definition) is 1. The summed E-state index contributed by atoms with van der Waals surface area (Å²) in [6.07, 6.45) is 0. The third kappa shape index (κ3) is 3.59. The van der Waals surface area contributed by atoms with Crippen LogP contribution >= 0.6 is 0 Å². The number of sulfonamides is 1. The largest absolute Gasteiger partial charge is 0.380 e. The Bertz CT molecular complexity index is 429. The molecule has 0 aliphatic heterocycles. The van der Waals surface area contributed by atoms with E-state index in [1.54, 1.807) is 25.1 Å². The van der Waals surface area contributed by atoms with Crippen LogP contribution in [-0.4, -0.2) is 28.2 Å². The standard InChI is InChI=1S/C11H17NO3S/c1-3-15-9-8-12-16(13,14)11-7-5-4-6-10(11)2/h4-7,12H,3,8-9H2,1-2H3. The van der Waals surface area contributed by atoms with Gasteiger partial charge in [-0.15, -0.1) is 0 Å². The SMILES string of the molecule is CCOCCNS(=O)(=O)c1ccccc1C. The fourth-order valence-electron chi connectivity index (χ4n) is 1.33. The number of nitrogens with one attached hydrogen (secondary N) is 1. The van der Waals surface area contributed by atoms with E-state index in [0.29, 0.717) is 24.7 Å². The summed E-state index contributed by atoms with van der Waals surface area (Å²) in [6, 6.07) is 6.90. The highest BCUT2D eigenvalue weighted by Crippen LogP contribution is 2.13. The molecule has 0 saturated carbocycles. The van der Waals surface area contributed by atoms with Crippen molar-refractivity contribution in [2.75, 3.05) is 19.8 Å². The number of ether oxygens (including phenoxy) is 1. The zero-order valence-electron chi connectivity index (χ0n) is 9.56. The van der Waals surface area contributed by atoms with Gasteiger partial charge < -0.3 is 4.74 Å². The highest BCUT2D eigenvalue weighted by atomic mass is 32.2. The Balaban J connectivity index is 2.68. The van der Waals surface area contributed by atoms with Crippen LogP contribution in [0.15, 0.2) is 29.2 Å². The van der Waals surface area contributed by atoms with Crippen LogP contribution in [0.4, 0.5) is 0 Å². The summed E-state index contributed by atoms with van der Waals surface area (Å²) in [5.41, 5.74) is 0.742. The average molecular weight is 243 g/mol. The smallest absolute Gasteiger partial charge is 0.240 e. The highest BCUT2D eigenvalue weighted by molar-refractivity contribution is 7.89. The topological polar surface area (TPSA) is 55.4 Å². The summed E-state index contributed by atoms with van der Waals surface area (Å²) in [5, 5.41) is 0. The molecule has 16 heavy (non-hydrogen) atoms. The van der Waals surface area contributed by atoms with Crippen molar-refractivity contribution in [3.63, 3.8) is 0 Å². The molecule has 1 aromatic rings. The normalized spacial score (nSPS) is 11.6. The van der Waals surface area contributed by atoms with E-state index < -0.39 is 10.0 Å². The van der Waals surface area contributed by atoms with Crippen molar-refractivity contribution in [2.45, 2.75) is 18.7 Å². The van der Waals surface area contributed by atoms with E-state index in [9.17, 15) is 8.42 Å². The van der Waals surface area contributed by atoms with Crippen molar-refractivity contribution in [1.29, 1.82) is 0 Å². The molecule has 0 aliphatic carbocycles. The zero-order chi connectivity index (χ0) is 12.0. The molecule has 0 heterocycles. The molecule has 0 aliphatic rings. The molecular weight excluding hydrogens is 226 g/mol. The van der Waals surface area contributed by atoms with E-state index in [-0.39, 0.29) is 0 Å². The second-order valence-corrected chi connectivity index (χ2v) is 5.10. The first kappa shape index (κ1) is 13.2. The molecule has 4 nitrogen and oxygen atoms in total. The van der Waals surface area contributed by atoms with Crippen molar-refractivity contribution in [3.05, 3.63) is 29.8 Å². The monoisotopic (exact) mass is 243 g/mol.